The molecule has 0 aliphatic carbocycles. The highest BCUT2D eigenvalue weighted by molar-refractivity contribution is 7.99. The van der Waals surface area contributed by atoms with E-state index in [2.05, 4.69) is 34.9 Å². The molecule has 1 atom stereocenters. The van der Waals surface area contributed by atoms with Crippen LogP contribution >= 0.6 is 11.8 Å². The second-order valence-electron chi connectivity index (χ2n) is 3.38. The number of likely N-dealkylation sites (N-methyl/N-ethyl adjacent to an activating group) is 1. The Hall–Kier alpha value is -0.170. The molecule has 2 nitrogen and oxygen atoms in total. The van der Waals surface area contributed by atoms with E-state index in [1.165, 1.54) is 17.9 Å². The van der Waals surface area contributed by atoms with Crippen LogP contribution < -0.4 is 5.32 Å². The minimum absolute atomic E-state index is 0.688. The van der Waals surface area contributed by atoms with Crippen molar-refractivity contribution < 1.29 is 0 Å². The van der Waals surface area contributed by atoms with E-state index in [0.29, 0.717) is 6.54 Å². The fourth-order valence-electron chi connectivity index (χ4n) is 1.47. The summed E-state index contributed by atoms with van der Waals surface area (Å²) in [7, 11) is 2.20. The van der Waals surface area contributed by atoms with Crippen LogP contribution in [0.25, 0.3) is 0 Å². The van der Waals surface area contributed by atoms with Crippen molar-refractivity contribution in [1.82, 2.24) is 10.2 Å². The third-order valence-electron chi connectivity index (χ3n) is 2.40. The standard InChI is InChI=1S/C10H18N2S/c1-3-5-11-6-7-12(2)10-4-8-13-9-10/h1,10-11H,4-9H2,2H3. The Morgan fingerprint density at radius 3 is 3.15 bits per heavy atom. The Bertz CT molecular complexity index is 170. The van der Waals surface area contributed by atoms with Gasteiger partial charge in [-0.2, -0.15) is 11.8 Å². The maximum absolute atomic E-state index is 5.14. The van der Waals surface area contributed by atoms with Gasteiger partial charge in [-0.05, 0) is 19.2 Å². The van der Waals surface area contributed by atoms with Gasteiger partial charge in [-0.15, -0.1) is 6.42 Å². The molecule has 1 aliphatic rings. The topological polar surface area (TPSA) is 15.3 Å². The van der Waals surface area contributed by atoms with Crippen molar-refractivity contribution in [1.29, 1.82) is 0 Å². The number of hydrogen-bond donors (Lipinski definition) is 1. The van der Waals surface area contributed by atoms with Gasteiger partial charge in [0, 0.05) is 24.9 Å². The lowest BCUT2D eigenvalue weighted by Crippen LogP contribution is -2.37. The predicted octanol–water partition coefficient (Wildman–Crippen LogP) is 0.646. The molecule has 3 heteroatoms. The van der Waals surface area contributed by atoms with Crippen molar-refractivity contribution in [2.75, 3.05) is 38.2 Å². The van der Waals surface area contributed by atoms with Gasteiger partial charge in [0.2, 0.25) is 0 Å². The van der Waals surface area contributed by atoms with Crippen LogP contribution in [0.1, 0.15) is 6.42 Å². The Labute approximate surface area is 85.4 Å². The Morgan fingerprint density at radius 1 is 1.69 bits per heavy atom. The van der Waals surface area contributed by atoms with Gasteiger partial charge < -0.3 is 10.2 Å². The molecule has 0 bridgehead atoms. The summed E-state index contributed by atoms with van der Waals surface area (Å²) in [4.78, 5) is 2.43. The van der Waals surface area contributed by atoms with Gasteiger partial charge in [0.1, 0.15) is 0 Å². The van der Waals surface area contributed by atoms with E-state index < -0.39 is 0 Å². The van der Waals surface area contributed by atoms with Crippen molar-refractivity contribution in [2.24, 2.45) is 0 Å². The molecular weight excluding hydrogens is 180 g/mol. The summed E-state index contributed by atoms with van der Waals surface area (Å²) in [6.45, 7) is 2.79. The highest BCUT2D eigenvalue weighted by Gasteiger charge is 2.18. The number of rotatable bonds is 5. The minimum Gasteiger partial charge on any atom is -0.305 e. The number of nitrogens with zero attached hydrogens (tertiary/aromatic N) is 1. The summed E-state index contributed by atoms with van der Waals surface area (Å²) >= 11 is 2.06. The summed E-state index contributed by atoms with van der Waals surface area (Å²) in [5, 5.41) is 3.20. The predicted molar refractivity (Wildman–Crippen MR) is 60.1 cm³/mol. The lowest BCUT2D eigenvalue weighted by atomic mass is 10.2. The third-order valence-corrected chi connectivity index (χ3v) is 3.54. The van der Waals surface area contributed by atoms with Crippen LogP contribution in [0.15, 0.2) is 0 Å². The SMILES string of the molecule is C#CCNCCN(C)C1CCSC1. The Kier molecular flexibility index (Phi) is 5.29. The van der Waals surface area contributed by atoms with E-state index >= 15 is 0 Å². The average molecular weight is 198 g/mol. The highest BCUT2D eigenvalue weighted by atomic mass is 32.2. The zero-order valence-corrected chi connectivity index (χ0v) is 9.07. The Morgan fingerprint density at radius 2 is 2.54 bits per heavy atom. The molecule has 0 aromatic heterocycles. The first-order chi connectivity index (χ1) is 6.34. The van der Waals surface area contributed by atoms with Gasteiger partial charge in [-0.25, -0.2) is 0 Å². The number of thioether (sulfide) groups is 1. The molecule has 0 radical (unpaired) electrons. The molecule has 0 aromatic carbocycles. The fraction of sp³-hybridized carbons (Fsp3) is 0.800. The maximum Gasteiger partial charge on any atom is 0.0574 e. The smallest absolute Gasteiger partial charge is 0.0574 e. The minimum atomic E-state index is 0.688. The van der Waals surface area contributed by atoms with Gasteiger partial charge in [-0.3, -0.25) is 0 Å². The summed E-state index contributed by atoms with van der Waals surface area (Å²) in [5.74, 6) is 5.20. The average Bonchev–Trinajstić information content (AvgIpc) is 2.65. The lowest BCUT2D eigenvalue weighted by molar-refractivity contribution is 0.263. The van der Waals surface area contributed by atoms with Crippen LogP contribution in [0.2, 0.25) is 0 Å². The zero-order chi connectivity index (χ0) is 9.52. The molecule has 1 heterocycles. The first-order valence-corrected chi connectivity index (χ1v) is 5.92. The molecule has 74 valence electrons. The van der Waals surface area contributed by atoms with Gasteiger partial charge in [-0.1, -0.05) is 5.92 Å². The van der Waals surface area contributed by atoms with Crippen molar-refractivity contribution in [3.05, 3.63) is 0 Å². The maximum atomic E-state index is 5.14. The second-order valence-corrected chi connectivity index (χ2v) is 4.53. The van der Waals surface area contributed by atoms with Crippen molar-refractivity contribution in [3.63, 3.8) is 0 Å². The molecule has 0 saturated carbocycles. The van der Waals surface area contributed by atoms with E-state index in [0.717, 1.165) is 19.1 Å². The van der Waals surface area contributed by atoms with Crippen molar-refractivity contribution >= 4 is 11.8 Å². The normalized spacial score (nSPS) is 22.1. The van der Waals surface area contributed by atoms with E-state index in [4.69, 9.17) is 6.42 Å². The van der Waals surface area contributed by atoms with Crippen LogP contribution in [0.4, 0.5) is 0 Å². The lowest BCUT2D eigenvalue weighted by Gasteiger charge is -2.23. The van der Waals surface area contributed by atoms with E-state index in [1.54, 1.807) is 0 Å². The number of terminal acetylenes is 1. The largest absolute Gasteiger partial charge is 0.305 e. The molecule has 1 rings (SSSR count). The fourth-order valence-corrected chi connectivity index (χ4v) is 2.77. The van der Waals surface area contributed by atoms with Gasteiger partial charge >= 0.3 is 0 Å². The van der Waals surface area contributed by atoms with Crippen LogP contribution in [-0.4, -0.2) is 49.1 Å². The molecule has 1 saturated heterocycles. The summed E-state index contributed by atoms with van der Waals surface area (Å²) in [5.41, 5.74) is 0. The first-order valence-electron chi connectivity index (χ1n) is 4.76. The van der Waals surface area contributed by atoms with E-state index in [1.807, 2.05) is 0 Å². The van der Waals surface area contributed by atoms with Crippen LogP contribution in [0.5, 0.6) is 0 Å². The van der Waals surface area contributed by atoms with E-state index in [-0.39, 0.29) is 0 Å². The van der Waals surface area contributed by atoms with Gasteiger partial charge in [0.25, 0.3) is 0 Å². The molecule has 1 N–H and O–H groups in total. The van der Waals surface area contributed by atoms with Crippen LogP contribution in [0.3, 0.4) is 0 Å². The molecule has 1 aliphatic heterocycles. The molecule has 1 fully saturated rings. The first kappa shape index (κ1) is 10.9. The number of hydrogen-bond acceptors (Lipinski definition) is 3. The van der Waals surface area contributed by atoms with Crippen molar-refractivity contribution in [2.45, 2.75) is 12.5 Å². The van der Waals surface area contributed by atoms with Crippen molar-refractivity contribution in [3.8, 4) is 12.3 Å². The van der Waals surface area contributed by atoms with Gasteiger partial charge in [0.15, 0.2) is 0 Å². The molecule has 0 aromatic rings. The third kappa shape index (κ3) is 4.04. The quantitative estimate of drug-likeness (QED) is 0.516. The molecule has 1 unspecified atom stereocenters. The summed E-state index contributed by atoms with van der Waals surface area (Å²) < 4.78 is 0. The van der Waals surface area contributed by atoms with Crippen LogP contribution in [0, 0.1) is 12.3 Å². The van der Waals surface area contributed by atoms with E-state index in [9.17, 15) is 0 Å². The molecule has 0 spiro atoms. The zero-order valence-electron chi connectivity index (χ0n) is 8.25. The summed E-state index contributed by atoms with van der Waals surface area (Å²) in [6, 6.07) is 0.789. The molecular formula is C10H18N2S. The number of nitrogens with one attached hydrogen (secondary N) is 1. The Balaban J connectivity index is 2.03. The molecule has 13 heavy (non-hydrogen) atoms. The monoisotopic (exact) mass is 198 g/mol. The van der Waals surface area contributed by atoms with Gasteiger partial charge in [0.05, 0.1) is 6.54 Å². The molecule has 0 amide bonds. The summed E-state index contributed by atoms with van der Waals surface area (Å²) in [6.07, 6.45) is 6.48. The van der Waals surface area contributed by atoms with Crippen LogP contribution in [-0.2, 0) is 0 Å². The second kappa shape index (κ2) is 6.31. The highest BCUT2D eigenvalue weighted by Crippen LogP contribution is 2.20.